The van der Waals surface area contributed by atoms with Gasteiger partial charge < -0.3 is 10.2 Å². The smallest absolute Gasteiger partial charge is 0.271 e. The first-order chi connectivity index (χ1) is 14.5. The van der Waals surface area contributed by atoms with Gasteiger partial charge in [0, 0.05) is 43.0 Å². The van der Waals surface area contributed by atoms with E-state index in [1.54, 1.807) is 35.5 Å². The molecule has 1 aromatic carbocycles. The van der Waals surface area contributed by atoms with Crippen molar-refractivity contribution in [3.05, 3.63) is 66.1 Å². The third-order valence-electron chi connectivity index (χ3n) is 5.12. The van der Waals surface area contributed by atoms with E-state index in [0.717, 1.165) is 23.8 Å². The second-order valence-electron chi connectivity index (χ2n) is 7.08. The minimum Gasteiger partial charge on any atom is -0.337 e. The van der Waals surface area contributed by atoms with Crippen molar-refractivity contribution in [3.63, 3.8) is 0 Å². The summed E-state index contributed by atoms with van der Waals surface area (Å²) in [5, 5.41) is 9.38. The van der Waals surface area contributed by atoms with Crippen molar-refractivity contribution in [2.24, 2.45) is 5.92 Å². The molecule has 4 rings (SSSR count). The lowest BCUT2D eigenvalue weighted by Crippen LogP contribution is -2.41. The fraction of sp³-hybridized carbons (Fsp3) is 0.238. The van der Waals surface area contributed by atoms with Gasteiger partial charge in [-0.1, -0.05) is 0 Å². The van der Waals surface area contributed by atoms with Gasteiger partial charge in [0.1, 0.15) is 17.3 Å². The molecule has 2 aromatic heterocycles. The van der Waals surface area contributed by atoms with E-state index in [9.17, 15) is 18.4 Å². The van der Waals surface area contributed by atoms with Crippen molar-refractivity contribution in [2.45, 2.75) is 12.8 Å². The van der Waals surface area contributed by atoms with Crippen LogP contribution in [0.2, 0.25) is 0 Å². The zero-order valence-corrected chi connectivity index (χ0v) is 15.9. The first-order valence-corrected chi connectivity index (χ1v) is 9.52. The van der Waals surface area contributed by atoms with Gasteiger partial charge >= 0.3 is 0 Å². The molecule has 154 valence electrons. The normalized spacial score (nSPS) is 14.5. The van der Waals surface area contributed by atoms with Crippen molar-refractivity contribution in [1.29, 1.82) is 0 Å². The van der Waals surface area contributed by atoms with E-state index in [4.69, 9.17) is 0 Å². The molecule has 9 heteroatoms. The SMILES string of the molecule is O=C(Nc1cc(F)ccc1F)C1CCN(C(=O)c2cc(-c3ccncc3)n[nH]2)CC1. The molecule has 2 N–H and O–H groups in total. The summed E-state index contributed by atoms with van der Waals surface area (Å²) in [5.74, 6) is -2.28. The lowest BCUT2D eigenvalue weighted by atomic mass is 9.95. The third kappa shape index (κ3) is 4.19. The number of anilines is 1. The summed E-state index contributed by atoms with van der Waals surface area (Å²) in [6.45, 7) is 0.762. The van der Waals surface area contributed by atoms with Crippen LogP contribution in [0.1, 0.15) is 23.3 Å². The Bertz CT molecular complexity index is 1060. The van der Waals surface area contributed by atoms with E-state index < -0.39 is 11.6 Å². The molecule has 0 saturated carbocycles. The first-order valence-electron chi connectivity index (χ1n) is 9.52. The van der Waals surface area contributed by atoms with Gasteiger partial charge in [0.2, 0.25) is 5.91 Å². The Balaban J connectivity index is 1.35. The second kappa shape index (κ2) is 8.40. The summed E-state index contributed by atoms with van der Waals surface area (Å²) in [5.41, 5.74) is 1.68. The molecule has 0 bridgehead atoms. The predicted molar refractivity (Wildman–Crippen MR) is 105 cm³/mol. The topological polar surface area (TPSA) is 91.0 Å². The Kier molecular flexibility index (Phi) is 5.51. The van der Waals surface area contributed by atoms with Crippen molar-refractivity contribution in [3.8, 4) is 11.3 Å². The number of pyridine rings is 1. The number of carbonyl (C=O) groups excluding carboxylic acids is 2. The van der Waals surface area contributed by atoms with Crippen LogP contribution in [-0.4, -0.2) is 45.0 Å². The molecule has 1 fully saturated rings. The summed E-state index contributed by atoms with van der Waals surface area (Å²) < 4.78 is 27.0. The average Bonchev–Trinajstić information content (AvgIpc) is 3.27. The molecule has 0 radical (unpaired) electrons. The van der Waals surface area contributed by atoms with Crippen LogP contribution >= 0.6 is 0 Å². The molecule has 1 saturated heterocycles. The van der Waals surface area contributed by atoms with Crippen molar-refractivity contribution < 1.29 is 18.4 Å². The Hall–Kier alpha value is -3.62. The summed E-state index contributed by atoms with van der Waals surface area (Å²) in [7, 11) is 0. The number of hydrogen-bond acceptors (Lipinski definition) is 4. The summed E-state index contributed by atoms with van der Waals surface area (Å²) >= 11 is 0. The molecule has 0 aliphatic carbocycles. The van der Waals surface area contributed by atoms with Crippen molar-refractivity contribution >= 4 is 17.5 Å². The molecule has 0 spiro atoms. The summed E-state index contributed by atoms with van der Waals surface area (Å²) in [4.78, 5) is 30.8. The maximum atomic E-state index is 13.7. The molecular formula is C21H19F2N5O2. The maximum absolute atomic E-state index is 13.7. The minimum atomic E-state index is -0.693. The largest absolute Gasteiger partial charge is 0.337 e. The van der Waals surface area contributed by atoms with Gasteiger partial charge in [0.05, 0.1) is 11.4 Å². The van der Waals surface area contributed by atoms with Crippen LogP contribution in [0, 0.1) is 17.6 Å². The van der Waals surface area contributed by atoms with E-state index in [0.29, 0.717) is 37.3 Å². The van der Waals surface area contributed by atoms with E-state index in [1.807, 2.05) is 0 Å². The maximum Gasteiger partial charge on any atom is 0.271 e. The number of piperidine rings is 1. The molecular weight excluding hydrogens is 392 g/mol. The van der Waals surface area contributed by atoms with Crippen LogP contribution in [0.3, 0.4) is 0 Å². The van der Waals surface area contributed by atoms with Gasteiger partial charge in [0.15, 0.2) is 0 Å². The van der Waals surface area contributed by atoms with Crippen molar-refractivity contribution in [2.75, 3.05) is 18.4 Å². The second-order valence-corrected chi connectivity index (χ2v) is 7.08. The molecule has 0 unspecified atom stereocenters. The number of nitrogens with zero attached hydrogens (tertiary/aromatic N) is 3. The monoisotopic (exact) mass is 411 g/mol. The lowest BCUT2D eigenvalue weighted by molar-refractivity contribution is -0.121. The number of H-pyrrole nitrogens is 1. The van der Waals surface area contributed by atoms with Gasteiger partial charge in [-0.15, -0.1) is 0 Å². The molecule has 3 heterocycles. The van der Waals surface area contributed by atoms with Crippen LogP contribution in [0.4, 0.5) is 14.5 Å². The number of benzene rings is 1. The fourth-order valence-electron chi connectivity index (χ4n) is 3.45. The first kappa shape index (κ1) is 19.7. The Morgan fingerprint density at radius 2 is 1.80 bits per heavy atom. The predicted octanol–water partition coefficient (Wildman–Crippen LogP) is 3.24. The number of halogens is 2. The van der Waals surface area contributed by atoms with Gasteiger partial charge in [-0.25, -0.2) is 8.78 Å². The van der Waals surface area contributed by atoms with Gasteiger partial charge in [0.25, 0.3) is 5.91 Å². The number of carbonyl (C=O) groups is 2. The van der Waals surface area contributed by atoms with Crippen LogP contribution in [0.25, 0.3) is 11.3 Å². The number of aromatic nitrogens is 3. The summed E-state index contributed by atoms with van der Waals surface area (Å²) in [6, 6.07) is 8.20. The van der Waals surface area contributed by atoms with E-state index >= 15 is 0 Å². The Morgan fingerprint density at radius 1 is 1.07 bits per heavy atom. The van der Waals surface area contributed by atoms with Crippen molar-refractivity contribution in [1.82, 2.24) is 20.1 Å². The quantitative estimate of drug-likeness (QED) is 0.690. The van der Waals surface area contributed by atoms with E-state index in [2.05, 4.69) is 20.5 Å². The number of nitrogens with one attached hydrogen (secondary N) is 2. The summed E-state index contributed by atoms with van der Waals surface area (Å²) in [6.07, 6.45) is 4.16. The highest BCUT2D eigenvalue weighted by molar-refractivity contribution is 5.95. The third-order valence-corrected chi connectivity index (χ3v) is 5.12. The minimum absolute atomic E-state index is 0.181. The zero-order chi connectivity index (χ0) is 21.1. The number of hydrogen-bond donors (Lipinski definition) is 2. The van der Waals surface area contributed by atoms with Crippen LogP contribution in [0.5, 0.6) is 0 Å². The molecule has 0 atom stereocenters. The van der Waals surface area contributed by atoms with Crippen LogP contribution < -0.4 is 5.32 Å². The fourth-order valence-corrected chi connectivity index (χ4v) is 3.45. The lowest BCUT2D eigenvalue weighted by Gasteiger charge is -2.31. The number of aromatic amines is 1. The van der Waals surface area contributed by atoms with Gasteiger partial charge in [-0.2, -0.15) is 5.10 Å². The highest BCUT2D eigenvalue weighted by Crippen LogP contribution is 2.23. The van der Waals surface area contributed by atoms with Crippen LogP contribution in [-0.2, 0) is 4.79 Å². The number of amides is 2. The highest BCUT2D eigenvalue weighted by Gasteiger charge is 2.29. The van der Waals surface area contributed by atoms with E-state index in [-0.39, 0.29) is 23.4 Å². The number of rotatable bonds is 4. The average molecular weight is 411 g/mol. The number of likely N-dealkylation sites (tertiary alicyclic amines) is 1. The molecule has 30 heavy (non-hydrogen) atoms. The molecule has 7 nitrogen and oxygen atoms in total. The molecule has 1 aliphatic heterocycles. The Labute approximate surface area is 171 Å². The molecule has 2 amide bonds. The standard InChI is InChI=1S/C21H19F2N5O2/c22-15-1-2-16(23)18(11-15)25-20(29)14-5-9-28(10-6-14)21(30)19-12-17(26-27-19)13-3-7-24-8-4-13/h1-4,7-8,11-12,14H,5-6,9-10H2,(H,25,29)(H,26,27). The highest BCUT2D eigenvalue weighted by atomic mass is 19.1. The molecule has 1 aliphatic rings. The zero-order valence-electron chi connectivity index (χ0n) is 15.9. The Morgan fingerprint density at radius 3 is 2.53 bits per heavy atom. The van der Waals surface area contributed by atoms with Gasteiger partial charge in [-0.3, -0.25) is 19.7 Å². The van der Waals surface area contributed by atoms with Crippen LogP contribution in [0.15, 0.2) is 48.8 Å². The van der Waals surface area contributed by atoms with Gasteiger partial charge in [-0.05, 0) is 43.2 Å². The molecule has 3 aromatic rings. The van der Waals surface area contributed by atoms with E-state index in [1.165, 1.54) is 0 Å².